The minimum atomic E-state index is 0.914. The van der Waals surface area contributed by atoms with Gasteiger partial charge in [0.2, 0.25) is 0 Å². The molecule has 0 amide bonds. The molecule has 0 fully saturated rings. The van der Waals surface area contributed by atoms with E-state index in [2.05, 4.69) is 230 Å². The Hall–Kier alpha value is -7.68. The van der Waals surface area contributed by atoms with Gasteiger partial charge in [0.1, 0.15) is 11.3 Å². The topological polar surface area (TPSA) is 16.4 Å². The standard InChI is InChI=1S/C57H41NO/c1-40-55-20-8-9-21-56(55)59-57(40)51-19-11-18-50(39-51)47-30-36-54(37-31-47)58(52-32-26-45(27-33-52)44-24-22-43(23-25-44)41-12-4-2-5-13-41)53-34-28-46(29-35-53)49-17-10-16-48(38-49)42-14-6-3-7-15-42/h2-39H,1H3. The van der Waals surface area contributed by atoms with E-state index in [0.717, 1.165) is 56.0 Å². The van der Waals surface area contributed by atoms with Crippen LogP contribution in [-0.4, -0.2) is 0 Å². The summed E-state index contributed by atoms with van der Waals surface area (Å²) >= 11 is 0. The van der Waals surface area contributed by atoms with Crippen LogP contribution in [0.15, 0.2) is 235 Å². The van der Waals surface area contributed by atoms with Gasteiger partial charge in [-0.3, -0.25) is 0 Å². The molecule has 0 spiro atoms. The van der Waals surface area contributed by atoms with E-state index in [9.17, 15) is 0 Å². The zero-order valence-electron chi connectivity index (χ0n) is 32.8. The van der Waals surface area contributed by atoms with Gasteiger partial charge in [-0.1, -0.05) is 176 Å². The van der Waals surface area contributed by atoms with Crippen LogP contribution in [0.5, 0.6) is 0 Å². The molecule has 10 rings (SSSR count). The van der Waals surface area contributed by atoms with E-state index in [1.54, 1.807) is 0 Å². The molecule has 1 aromatic heterocycles. The molecule has 59 heavy (non-hydrogen) atoms. The number of fused-ring (bicyclic) bond motifs is 1. The second kappa shape index (κ2) is 15.7. The zero-order valence-corrected chi connectivity index (χ0v) is 32.8. The lowest BCUT2D eigenvalue weighted by Crippen LogP contribution is -2.09. The molecule has 0 saturated carbocycles. The van der Waals surface area contributed by atoms with Gasteiger partial charge in [-0.15, -0.1) is 0 Å². The molecule has 0 aliphatic carbocycles. The predicted octanol–water partition coefficient (Wildman–Crippen LogP) is 16.2. The molecule has 0 N–H and O–H groups in total. The van der Waals surface area contributed by atoms with E-state index in [-0.39, 0.29) is 0 Å². The van der Waals surface area contributed by atoms with Crippen molar-refractivity contribution < 1.29 is 4.42 Å². The predicted molar refractivity (Wildman–Crippen MR) is 248 cm³/mol. The van der Waals surface area contributed by atoms with Crippen molar-refractivity contribution in [3.8, 4) is 67.0 Å². The highest BCUT2D eigenvalue weighted by Crippen LogP contribution is 2.39. The van der Waals surface area contributed by atoms with Crippen LogP contribution in [0.4, 0.5) is 17.1 Å². The number of rotatable bonds is 9. The molecular weight excluding hydrogens is 715 g/mol. The van der Waals surface area contributed by atoms with Crippen LogP contribution in [0, 0.1) is 6.92 Å². The molecule has 0 aliphatic heterocycles. The summed E-state index contributed by atoms with van der Waals surface area (Å²) in [5.41, 5.74) is 18.3. The van der Waals surface area contributed by atoms with E-state index in [0.29, 0.717) is 0 Å². The molecule has 9 aromatic carbocycles. The van der Waals surface area contributed by atoms with Crippen LogP contribution in [0.1, 0.15) is 5.56 Å². The lowest BCUT2D eigenvalue weighted by atomic mass is 9.98. The molecular formula is C57H41NO. The van der Waals surface area contributed by atoms with Crippen molar-refractivity contribution in [2.24, 2.45) is 0 Å². The summed E-state index contributed by atoms with van der Waals surface area (Å²) in [6, 6.07) is 82.3. The lowest BCUT2D eigenvalue weighted by molar-refractivity contribution is 0.629. The van der Waals surface area contributed by atoms with Gasteiger partial charge in [0, 0.05) is 33.6 Å². The Labute approximate surface area is 345 Å². The number of para-hydroxylation sites is 1. The quantitative estimate of drug-likeness (QED) is 0.146. The summed E-state index contributed by atoms with van der Waals surface area (Å²) in [7, 11) is 0. The molecule has 2 heteroatoms. The van der Waals surface area contributed by atoms with Crippen molar-refractivity contribution in [2.45, 2.75) is 6.92 Å². The number of nitrogens with zero attached hydrogens (tertiary/aromatic N) is 1. The average molecular weight is 756 g/mol. The first-order valence-corrected chi connectivity index (χ1v) is 20.2. The number of benzene rings is 9. The van der Waals surface area contributed by atoms with Crippen LogP contribution in [0.25, 0.3) is 77.9 Å². The normalized spacial score (nSPS) is 11.1. The SMILES string of the molecule is Cc1c(-c2cccc(-c3ccc(N(c4ccc(-c5ccc(-c6ccccc6)cc5)cc4)c4ccc(-c5cccc(-c6ccccc6)c5)cc4)cc3)c2)oc2ccccc12. The van der Waals surface area contributed by atoms with Crippen molar-refractivity contribution in [3.63, 3.8) is 0 Å². The monoisotopic (exact) mass is 755 g/mol. The Bertz CT molecular complexity index is 3000. The third-order valence-electron chi connectivity index (χ3n) is 11.3. The summed E-state index contributed by atoms with van der Waals surface area (Å²) in [4.78, 5) is 2.34. The summed E-state index contributed by atoms with van der Waals surface area (Å²) in [6.45, 7) is 2.14. The van der Waals surface area contributed by atoms with Crippen LogP contribution < -0.4 is 4.90 Å². The Kier molecular flexibility index (Phi) is 9.50. The molecule has 0 bridgehead atoms. The van der Waals surface area contributed by atoms with E-state index in [1.807, 2.05) is 12.1 Å². The highest BCUT2D eigenvalue weighted by atomic mass is 16.3. The number of anilines is 3. The van der Waals surface area contributed by atoms with Gasteiger partial charge in [-0.25, -0.2) is 0 Å². The van der Waals surface area contributed by atoms with Crippen molar-refractivity contribution in [1.29, 1.82) is 0 Å². The minimum absolute atomic E-state index is 0.914. The highest BCUT2D eigenvalue weighted by molar-refractivity contribution is 5.89. The molecule has 1 heterocycles. The fraction of sp³-hybridized carbons (Fsp3) is 0.0175. The Morgan fingerprint density at radius 1 is 0.288 bits per heavy atom. The molecule has 280 valence electrons. The van der Waals surface area contributed by atoms with Crippen molar-refractivity contribution in [1.82, 2.24) is 0 Å². The van der Waals surface area contributed by atoms with Gasteiger partial charge in [0.05, 0.1) is 0 Å². The first-order valence-electron chi connectivity index (χ1n) is 20.2. The fourth-order valence-corrected chi connectivity index (χ4v) is 8.14. The zero-order chi connectivity index (χ0) is 39.5. The van der Waals surface area contributed by atoms with Gasteiger partial charge in [0.15, 0.2) is 0 Å². The first-order chi connectivity index (χ1) is 29.1. The number of aryl methyl sites for hydroxylation is 1. The maximum absolute atomic E-state index is 6.34. The molecule has 0 unspecified atom stereocenters. The second-order valence-corrected chi connectivity index (χ2v) is 15.0. The van der Waals surface area contributed by atoms with E-state index in [1.165, 1.54) is 44.5 Å². The second-order valence-electron chi connectivity index (χ2n) is 15.0. The lowest BCUT2D eigenvalue weighted by Gasteiger charge is -2.26. The van der Waals surface area contributed by atoms with Gasteiger partial charge in [-0.05, 0) is 117 Å². The smallest absolute Gasteiger partial charge is 0.138 e. The maximum atomic E-state index is 6.34. The summed E-state index contributed by atoms with van der Waals surface area (Å²) in [6.07, 6.45) is 0. The minimum Gasteiger partial charge on any atom is -0.456 e. The van der Waals surface area contributed by atoms with Gasteiger partial charge in [0.25, 0.3) is 0 Å². The third kappa shape index (κ3) is 7.25. The van der Waals surface area contributed by atoms with Crippen molar-refractivity contribution in [2.75, 3.05) is 4.90 Å². The fourth-order valence-electron chi connectivity index (χ4n) is 8.14. The van der Waals surface area contributed by atoms with Gasteiger partial charge >= 0.3 is 0 Å². The first kappa shape index (κ1) is 35.7. The maximum Gasteiger partial charge on any atom is 0.138 e. The van der Waals surface area contributed by atoms with Crippen LogP contribution >= 0.6 is 0 Å². The molecule has 0 saturated heterocycles. The summed E-state index contributed by atoms with van der Waals surface area (Å²) < 4.78 is 6.34. The van der Waals surface area contributed by atoms with Crippen LogP contribution in [-0.2, 0) is 0 Å². The van der Waals surface area contributed by atoms with E-state index >= 15 is 0 Å². The number of hydrogen-bond acceptors (Lipinski definition) is 2. The van der Waals surface area contributed by atoms with Gasteiger partial charge < -0.3 is 9.32 Å². The summed E-state index contributed by atoms with van der Waals surface area (Å²) in [5, 5.41) is 1.15. The highest BCUT2D eigenvalue weighted by Gasteiger charge is 2.16. The van der Waals surface area contributed by atoms with Gasteiger partial charge in [-0.2, -0.15) is 0 Å². The summed E-state index contributed by atoms with van der Waals surface area (Å²) in [5.74, 6) is 0.918. The molecule has 10 aromatic rings. The van der Waals surface area contributed by atoms with Crippen molar-refractivity contribution >= 4 is 28.0 Å². The Balaban J connectivity index is 0.981. The molecule has 2 nitrogen and oxygen atoms in total. The molecule has 0 aliphatic rings. The number of furan rings is 1. The third-order valence-corrected chi connectivity index (χ3v) is 11.3. The van der Waals surface area contributed by atoms with E-state index < -0.39 is 0 Å². The molecule has 0 atom stereocenters. The number of hydrogen-bond donors (Lipinski definition) is 0. The molecule has 0 radical (unpaired) electrons. The van der Waals surface area contributed by atoms with Crippen LogP contribution in [0.3, 0.4) is 0 Å². The Morgan fingerprint density at radius 3 is 1.07 bits per heavy atom. The van der Waals surface area contributed by atoms with Crippen molar-refractivity contribution in [3.05, 3.63) is 236 Å². The largest absolute Gasteiger partial charge is 0.456 e. The average Bonchev–Trinajstić information content (AvgIpc) is 3.66. The van der Waals surface area contributed by atoms with Crippen LogP contribution in [0.2, 0.25) is 0 Å². The Morgan fingerprint density at radius 2 is 0.610 bits per heavy atom. The van der Waals surface area contributed by atoms with E-state index in [4.69, 9.17) is 4.42 Å².